The Balaban J connectivity index is 1.38. The predicted octanol–water partition coefficient (Wildman–Crippen LogP) is 10.1. The van der Waals surface area contributed by atoms with E-state index in [9.17, 15) is 19.8 Å². The largest absolute Gasteiger partial charge is 0.478 e. The summed E-state index contributed by atoms with van der Waals surface area (Å²) in [6, 6.07) is 4.91. The van der Waals surface area contributed by atoms with Crippen molar-refractivity contribution >= 4 is 17.5 Å². The van der Waals surface area contributed by atoms with Gasteiger partial charge in [-0.3, -0.25) is 0 Å². The van der Waals surface area contributed by atoms with E-state index in [1.807, 2.05) is 6.07 Å². The first-order valence-corrected chi connectivity index (χ1v) is 17.0. The van der Waals surface area contributed by atoms with Crippen LogP contribution in [0.2, 0.25) is 0 Å². The standard InChI is InChI=1S/C39H54O4/c1-9-39-19-14-25(23(2)3)32(39)29-12-13-31-36(6)17-15-28(24-10-11-26(33(40)41)27(22-24)34(42)43)35(4,5)30(36)16-18-38(31,8)37(29,7)20-21-39/h10-11,15,22,25,29-32H,2,9,12-14,16-21H2,1,3-8H3,(H,40,41)(H,42,43)/t25-,29+,30-,31+,32+,36-,37+,38+,39+/m0/s1. The van der Waals surface area contributed by atoms with Gasteiger partial charge in [-0.05, 0) is 145 Å². The Kier molecular flexibility index (Phi) is 7.00. The Morgan fingerprint density at radius 2 is 1.56 bits per heavy atom. The van der Waals surface area contributed by atoms with Gasteiger partial charge in [0.2, 0.25) is 0 Å². The minimum atomic E-state index is -1.20. The van der Waals surface area contributed by atoms with E-state index in [4.69, 9.17) is 0 Å². The number of hydrogen-bond acceptors (Lipinski definition) is 2. The molecule has 1 aromatic carbocycles. The smallest absolute Gasteiger partial charge is 0.336 e. The Morgan fingerprint density at radius 3 is 2.19 bits per heavy atom. The van der Waals surface area contributed by atoms with Gasteiger partial charge >= 0.3 is 11.9 Å². The summed E-state index contributed by atoms with van der Waals surface area (Å²) >= 11 is 0. The van der Waals surface area contributed by atoms with Crippen LogP contribution in [0.3, 0.4) is 0 Å². The van der Waals surface area contributed by atoms with Gasteiger partial charge in [0.25, 0.3) is 0 Å². The lowest BCUT2D eigenvalue weighted by molar-refractivity contribution is -0.225. The van der Waals surface area contributed by atoms with Gasteiger partial charge in [-0.1, -0.05) is 72.3 Å². The van der Waals surface area contributed by atoms with Crippen molar-refractivity contribution in [1.82, 2.24) is 0 Å². The van der Waals surface area contributed by atoms with Crippen LogP contribution in [0.5, 0.6) is 0 Å². The molecule has 4 fully saturated rings. The fraction of sp³-hybridized carbons (Fsp3) is 0.692. The zero-order chi connectivity index (χ0) is 31.3. The van der Waals surface area contributed by atoms with Crippen molar-refractivity contribution in [3.8, 4) is 0 Å². The molecule has 4 saturated carbocycles. The molecule has 43 heavy (non-hydrogen) atoms. The number of fused-ring (bicyclic) bond motifs is 7. The monoisotopic (exact) mass is 586 g/mol. The van der Waals surface area contributed by atoms with E-state index in [1.54, 1.807) is 6.07 Å². The van der Waals surface area contributed by atoms with Gasteiger partial charge in [0.1, 0.15) is 0 Å². The van der Waals surface area contributed by atoms with Crippen molar-refractivity contribution in [2.24, 2.45) is 56.7 Å². The number of carbonyl (C=O) groups is 2. The molecule has 6 rings (SSSR count). The molecule has 4 nitrogen and oxygen atoms in total. The van der Waals surface area contributed by atoms with E-state index in [-0.39, 0.29) is 22.0 Å². The van der Waals surface area contributed by atoms with Crippen LogP contribution in [0.1, 0.15) is 139 Å². The lowest BCUT2D eigenvalue weighted by Crippen LogP contribution is -2.65. The quantitative estimate of drug-likeness (QED) is 0.337. The van der Waals surface area contributed by atoms with Crippen LogP contribution in [0.25, 0.3) is 5.57 Å². The van der Waals surface area contributed by atoms with Gasteiger partial charge in [0.15, 0.2) is 0 Å². The zero-order valence-electron chi connectivity index (χ0n) is 27.7. The number of allylic oxidation sites excluding steroid dienone is 3. The normalized spacial score (nSPS) is 43.0. The lowest BCUT2D eigenvalue weighted by atomic mass is 9.32. The highest BCUT2D eigenvalue weighted by Crippen LogP contribution is 2.78. The molecule has 2 N–H and O–H groups in total. The van der Waals surface area contributed by atoms with Gasteiger partial charge in [-0.25, -0.2) is 9.59 Å². The second kappa shape index (κ2) is 9.82. The molecular formula is C39H54O4. The Labute approximate surface area is 259 Å². The molecule has 0 saturated heterocycles. The Morgan fingerprint density at radius 1 is 0.860 bits per heavy atom. The molecule has 9 atom stereocenters. The molecule has 0 unspecified atom stereocenters. The van der Waals surface area contributed by atoms with Crippen LogP contribution in [-0.4, -0.2) is 22.2 Å². The summed E-state index contributed by atoms with van der Waals surface area (Å²) in [5.41, 5.74) is 4.34. The number of hydrogen-bond donors (Lipinski definition) is 2. The summed E-state index contributed by atoms with van der Waals surface area (Å²) in [4.78, 5) is 23.7. The van der Waals surface area contributed by atoms with E-state index < -0.39 is 11.9 Å². The van der Waals surface area contributed by atoms with Crippen LogP contribution in [0.15, 0.2) is 36.4 Å². The number of aromatic carboxylic acids is 2. The molecule has 0 heterocycles. The molecule has 0 aliphatic heterocycles. The Bertz CT molecular complexity index is 1400. The fourth-order valence-corrected chi connectivity index (χ4v) is 13.1. The average molecular weight is 587 g/mol. The van der Waals surface area contributed by atoms with Gasteiger partial charge in [-0.15, -0.1) is 0 Å². The molecule has 5 aliphatic carbocycles. The maximum atomic E-state index is 12.0. The van der Waals surface area contributed by atoms with Crippen molar-refractivity contribution in [3.63, 3.8) is 0 Å². The van der Waals surface area contributed by atoms with Crippen LogP contribution in [-0.2, 0) is 0 Å². The van der Waals surface area contributed by atoms with E-state index >= 15 is 0 Å². The van der Waals surface area contributed by atoms with Crippen molar-refractivity contribution < 1.29 is 19.8 Å². The zero-order valence-corrected chi connectivity index (χ0v) is 27.7. The van der Waals surface area contributed by atoms with E-state index in [0.29, 0.717) is 34.0 Å². The third-order valence-electron chi connectivity index (χ3n) is 15.3. The molecule has 4 heteroatoms. The molecule has 0 aromatic heterocycles. The van der Waals surface area contributed by atoms with Crippen LogP contribution >= 0.6 is 0 Å². The Hall–Kier alpha value is -2.36. The first-order valence-electron chi connectivity index (χ1n) is 17.0. The second-order valence-electron chi connectivity index (χ2n) is 16.8. The minimum Gasteiger partial charge on any atom is -0.478 e. The third-order valence-corrected chi connectivity index (χ3v) is 15.3. The van der Waals surface area contributed by atoms with Crippen molar-refractivity contribution in [2.75, 3.05) is 0 Å². The van der Waals surface area contributed by atoms with E-state index in [2.05, 4.69) is 61.1 Å². The molecule has 0 amide bonds. The number of rotatable bonds is 5. The summed E-state index contributed by atoms with van der Waals surface area (Å²) in [6.45, 7) is 22.0. The molecule has 0 bridgehead atoms. The minimum absolute atomic E-state index is 0.127. The molecule has 1 aromatic rings. The number of carboxylic acids is 2. The van der Waals surface area contributed by atoms with Crippen LogP contribution in [0, 0.1) is 56.7 Å². The van der Waals surface area contributed by atoms with Crippen LogP contribution in [0.4, 0.5) is 0 Å². The predicted molar refractivity (Wildman–Crippen MR) is 173 cm³/mol. The number of carboxylic acid groups (broad SMARTS) is 2. The highest BCUT2D eigenvalue weighted by molar-refractivity contribution is 6.02. The van der Waals surface area contributed by atoms with Crippen molar-refractivity contribution in [3.05, 3.63) is 53.1 Å². The molecule has 5 aliphatic rings. The van der Waals surface area contributed by atoms with Crippen molar-refractivity contribution in [2.45, 2.75) is 113 Å². The molecule has 234 valence electrons. The molecular weight excluding hydrogens is 532 g/mol. The summed E-state index contributed by atoms with van der Waals surface area (Å²) in [6.07, 6.45) is 15.2. The maximum absolute atomic E-state index is 12.0. The molecule has 0 radical (unpaired) electrons. The average Bonchev–Trinajstić information content (AvgIpc) is 3.33. The van der Waals surface area contributed by atoms with Crippen molar-refractivity contribution in [1.29, 1.82) is 0 Å². The summed E-state index contributed by atoms with van der Waals surface area (Å²) in [5, 5.41) is 19.4. The SMILES string of the molecule is C=C(C)[C@@H]1CC[C@]2(CC)CC[C@]3(C)[C@H](CC[C@@H]4[C@@]5(C)CC=C(c6ccc(C(=O)O)c(C(=O)O)c6)C(C)(C)[C@@H]5CC[C@]43C)[C@@H]12. The fourth-order valence-electron chi connectivity index (χ4n) is 13.1. The van der Waals surface area contributed by atoms with Gasteiger partial charge in [0.05, 0.1) is 11.1 Å². The third kappa shape index (κ3) is 3.99. The van der Waals surface area contributed by atoms with Gasteiger partial charge in [0, 0.05) is 0 Å². The first kappa shape index (κ1) is 30.7. The first-order chi connectivity index (χ1) is 20.1. The highest BCUT2D eigenvalue weighted by atomic mass is 16.4. The summed E-state index contributed by atoms with van der Waals surface area (Å²) < 4.78 is 0. The summed E-state index contributed by atoms with van der Waals surface area (Å²) in [5.74, 6) is 0.986. The van der Waals surface area contributed by atoms with E-state index in [1.165, 1.54) is 75.0 Å². The van der Waals surface area contributed by atoms with Crippen LogP contribution < -0.4 is 0 Å². The summed E-state index contributed by atoms with van der Waals surface area (Å²) in [7, 11) is 0. The van der Waals surface area contributed by atoms with Gasteiger partial charge < -0.3 is 10.2 Å². The number of benzene rings is 1. The molecule has 0 spiro atoms. The second-order valence-corrected chi connectivity index (χ2v) is 16.8. The van der Waals surface area contributed by atoms with Gasteiger partial charge in [-0.2, -0.15) is 0 Å². The maximum Gasteiger partial charge on any atom is 0.336 e. The highest BCUT2D eigenvalue weighted by Gasteiger charge is 2.70. The van der Waals surface area contributed by atoms with E-state index in [0.717, 1.165) is 23.8 Å². The lowest BCUT2D eigenvalue weighted by Gasteiger charge is -2.72. The topological polar surface area (TPSA) is 74.6 Å².